The molecule has 0 spiro atoms. The third kappa shape index (κ3) is 3.61. The molecule has 0 saturated carbocycles. The van der Waals surface area contributed by atoms with E-state index in [1.54, 1.807) is 34.2 Å². The van der Waals surface area contributed by atoms with E-state index in [9.17, 15) is 9.59 Å². The Labute approximate surface area is 183 Å². The van der Waals surface area contributed by atoms with Gasteiger partial charge in [-0.1, -0.05) is 23.7 Å². The summed E-state index contributed by atoms with van der Waals surface area (Å²) in [5.41, 5.74) is 1.96. The quantitative estimate of drug-likeness (QED) is 0.675. The molecule has 31 heavy (non-hydrogen) atoms. The van der Waals surface area contributed by atoms with Crippen LogP contribution < -0.4 is 10.2 Å². The van der Waals surface area contributed by atoms with Gasteiger partial charge >= 0.3 is 0 Å². The molecular weight excluding hydrogens is 418 g/mol. The Balaban J connectivity index is 1.42. The number of benzene rings is 1. The monoisotopic (exact) mass is 437 g/mol. The number of carbonyl (C=O) groups excluding carboxylic acids is 2. The second kappa shape index (κ2) is 7.66. The molecule has 0 aliphatic carbocycles. The fourth-order valence-electron chi connectivity index (χ4n) is 3.91. The highest BCUT2D eigenvalue weighted by Gasteiger charge is 2.29. The van der Waals surface area contributed by atoms with Crippen LogP contribution in [0.4, 0.5) is 11.5 Å². The molecule has 0 fully saturated rings. The Morgan fingerprint density at radius 3 is 2.81 bits per heavy atom. The first-order chi connectivity index (χ1) is 15.0. The van der Waals surface area contributed by atoms with Crippen molar-refractivity contribution in [2.24, 2.45) is 0 Å². The lowest BCUT2D eigenvalue weighted by Gasteiger charge is -2.31. The molecule has 158 valence electrons. The normalized spacial score (nSPS) is 15.4. The van der Waals surface area contributed by atoms with Gasteiger partial charge in [0.15, 0.2) is 11.6 Å². The number of pyridine rings is 1. The summed E-state index contributed by atoms with van der Waals surface area (Å²) in [4.78, 5) is 33.6. The zero-order chi connectivity index (χ0) is 21.5. The van der Waals surface area contributed by atoms with Gasteiger partial charge in [-0.3, -0.25) is 9.59 Å². The molecule has 0 atom stereocenters. The molecular formula is C21H20ClN7O2. The molecule has 5 rings (SSSR count). The van der Waals surface area contributed by atoms with Crippen LogP contribution in [0.25, 0.3) is 0 Å². The fourth-order valence-corrected chi connectivity index (χ4v) is 4.03. The SMILES string of the molecule is Cc1nnc2n1CCN(C(=O)c1cnc3c(c1)N(Cc1ccc(Cl)cc1)C(=O)CN3)C2. The van der Waals surface area contributed by atoms with Crippen LogP contribution in [0.2, 0.25) is 5.02 Å². The molecule has 2 amide bonds. The van der Waals surface area contributed by atoms with Gasteiger partial charge in [-0.15, -0.1) is 10.2 Å². The summed E-state index contributed by atoms with van der Waals surface area (Å²) in [5, 5.41) is 11.9. The predicted molar refractivity (Wildman–Crippen MR) is 115 cm³/mol. The second-order valence-corrected chi connectivity index (χ2v) is 8.03. The van der Waals surface area contributed by atoms with Crippen LogP contribution in [-0.2, 0) is 24.4 Å². The summed E-state index contributed by atoms with van der Waals surface area (Å²) >= 11 is 5.97. The second-order valence-electron chi connectivity index (χ2n) is 7.59. The third-order valence-corrected chi connectivity index (χ3v) is 5.84. The minimum Gasteiger partial charge on any atom is -0.359 e. The van der Waals surface area contributed by atoms with Gasteiger partial charge < -0.3 is 19.7 Å². The van der Waals surface area contributed by atoms with Gasteiger partial charge in [0.25, 0.3) is 5.91 Å². The van der Waals surface area contributed by atoms with Gasteiger partial charge in [0.2, 0.25) is 5.91 Å². The van der Waals surface area contributed by atoms with E-state index < -0.39 is 0 Å². The summed E-state index contributed by atoms with van der Waals surface area (Å²) < 4.78 is 2.02. The summed E-state index contributed by atoms with van der Waals surface area (Å²) in [5.74, 6) is 1.96. The molecule has 4 heterocycles. The lowest BCUT2D eigenvalue weighted by Crippen LogP contribution is -2.41. The lowest BCUT2D eigenvalue weighted by atomic mass is 10.1. The number of hydrogen-bond donors (Lipinski definition) is 1. The highest BCUT2D eigenvalue weighted by atomic mass is 35.5. The van der Waals surface area contributed by atoms with Crippen molar-refractivity contribution in [3.05, 3.63) is 64.3 Å². The lowest BCUT2D eigenvalue weighted by molar-refractivity contribution is -0.117. The van der Waals surface area contributed by atoms with Crippen LogP contribution in [-0.4, -0.2) is 49.6 Å². The Morgan fingerprint density at radius 1 is 1.19 bits per heavy atom. The van der Waals surface area contributed by atoms with E-state index in [0.29, 0.717) is 48.3 Å². The van der Waals surface area contributed by atoms with Crippen molar-refractivity contribution in [2.75, 3.05) is 23.3 Å². The minimum atomic E-state index is -0.147. The number of halogens is 1. The average Bonchev–Trinajstić information content (AvgIpc) is 3.16. The van der Waals surface area contributed by atoms with Gasteiger partial charge in [0, 0.05) is 24.3 Å². The molecule has 10 heteroatoms. The number of aromatic nitrogens is 4. The van der Waals surface area contributed by atoms with E-state index in [4.69, 9.17) is 11.6 Å². The Kier molecular flexibility index (Phi) is 4.82. The number of fused-ring (bicyclic) bond motifs is 2. The summed E-state index contributed by atoms with van der Waals surface area (Å²) in [7, 11) is 0. The number of nitrogens with zero attached hydrogens (tertiary/aromatic N) is 6. The molecule has 9 nitrogen and oxygen atoms in total. The van der Waals surface area contributed by atoms with Crippen LogP contribution in [0.3, 0.4) is 0 Å². The topological polar surface area (TPSA) is 96.2 Å². The van der Waals surface area contributed by atoms with Crippen molar-refractivity contribution < 1.29 is 9.59 Å². The van der Waals surface area contributed by atoms with Gasteiger partial charge in [-0.05, 0) is 30.7 Å². The van der Waals surface area contributed by atoms with Crippen molar-refractivity contribution in [2.45, 2.75) is 26.6 Å². The molecule has 3 aromatic rings. The third-order valence-electron chi connectivity index (χ3n) is 5.59. The predicted octanol–water partition coefficient (Wildman–Crippen LogP) is 2.25. The maximum Gasteiger partial charge on any atom is 0.255 e. The van der Waals surface area contributed by atoms with Crippen LogP contribution in [0.5, 0.6) is 0 Å². The molecule has 1 aromatic carbocycles. The summed E-state index contributed by atoms with van der Waals surface area (Å²) in [6, 6.07) is 9.07. The zero-order valence-electron chi connectivity index (χ0n) is 16.9. The van der Waals surface area contributed by atoms with E-state index in [2.05, 4.69) is 20.5 Å². The van der Waals surface area contributed by atoms with Gasteiger partial charge in [0.1, 0.15) is 5.82 Å². The smallest absolute Gasteiger partial charge is 0.255 e. The molecule has 2 aromatic heterocycles. The molecule has 1 N–H and O–H groups in total. The molecule has 0 saturated heterocycles. The van der Waals surface area contributed by atoms with Crippen molar-refractivity contribution in [3.8, 4) is 0 Å². The van der Waals surface area contributed by atoms with Gasteiger partial charge in [-0.2, -0.15) is 0 Å². The number of aryl methyl sites for hydroxylation is 1. The highest BCUT2D eigenvalue weighted by Crippen LogP contribution is 2.30. The van der Waals surface area contributed by atoms with Crippen molar-refractivity contribution in [3.63, 3.8) is 0 Å². The Hall–Kier alpha value is -3.46. The first-order valence-corrected chi connectivity index (χ1v) is 10.3. The standard InChI is InChI=1S/C21H20ClN7O2/c1-13-25-26-18-12-27(6-7-28(13)18)21(31)15-8-17-20(23-9-15)24-10-19(30)29(17)11-14-2-4-16(22)5-3-14/h2-5,8-9H,6-7,10-12H2,1H3,(H,23,24). The highest BCUT2D eigenvalue weighted by molar-refractivity contribution is 6.30. The van der Waals surface area contributed by atoms with Crippen molar-refractivity contribution in [1.29, 1.82) is 0 Å². The van der Waals surface area contributed by atoms with Crippen molar-refractivity contribution in [1.82, 2.24) is 24.6 Å². The number of anilines is 2. The molecule has 0 bridgehead atoms. The zero-order valence-corrected chi connectivity index (χ0v) is 17.6. The Bertz CT molecular complexity index is 1170. The fraction of sp³-hybridized carbons (Fsp3) is 0.286. The van der Waals surface area contributed by atoms with E-state index in [0.717, 1.165) is 17.2 Å². The first-order valence-electron chi connectivity index (χ1n) is 9.96. The number of hydrogen-bond acceptors (Lipinski definition) is 6. The molecule has 2 aliphatic heterocycles. The van der Waals surface area contributed by atoms with E-state index in [-0.39, 0.29) is 18.4 Å². The van der Waals surface area contributed by atoms with Crippen LogP contribution in [0.1, 0.15) is 27.6 Å². The van der Waals surface area contributed by atoms with Gasteiger partial charge in [0.05, 0.1) is 30.9 Å². The van der Waals surface area contributed by atoms with Crippen LogP contribution in [0.15, 0.2) is 36.5 Å². The largest absolute Gasteiger partial charge is 0.359 e. The van der Waals surface area contributed by atoms with Crippen LogP contribution >= 0.6 is 11.6 Å². The number of nitrogens with one attached hydrogen (secondary N) is 1. The molecule has 2 aliphatic rings. The number of amides is 2. The van der Waals surface area contributed by atoms with Crippen molar-refractivity contribution >= 4 is 34.9 Å². The Morgan fingerprint density at radius 2 is 2.00 bits per heavy atom. The number of carbonyl (C=O) groups is 2. The van der Waals surface area contributed by atoms with E-state index in [1.165, 1.54) is 0 Å². The van der Waals surface area contributed by atoms with E-state index >= 15 is 0 Å². The van der Waals surface area contributed by atoms with Crippen LogP contribution in [0, 0.1) is 6.92 Å². The minimum absolute atomic E-state index is 0.0876. The molecule has 0 radical (unpaired) electrons. The molecule has 0 unspecified atom stereocenters. The maximum atomic E-state index is 13.2. The summed E-state index contributed by atoms with van der Waals surface area (Å²) in [6.07, 6.45) is 1.55. The van der Waals surface area contributed by atoms with Gasteiger partial charge in [-0.25, -0.2) is 4.98 Å². The number of rotatable bonds is 3. The van der Waals surface area contributed by atoms with E-state index in [1.807, 2.05) is 23.6 Å². The maximum absolute atomic E-state index is 13.2. The average molecular weight is 438 g/mol. The summed E-state index contributed by atoms with van der Waals surface area (Å²) in [6.45, 7) is 4.04. The first kappa shape index (κ1) is 19.5.